The van der Waals surface area contributed by atoms with Crippen molar-refractivity contribution in [2.24, 2.45) is 0 Å². The molecule has 2 heterocycles. The molecule has 4 nitrogen and oxygen atoms in total. The van der Waals surface area contributed by atoms with E-state index >= 15 is 0 Å². The van der Waals surface area contributed by atoms with Crippen LogP contribution in [0.1, 0.15) is 5.56 Å². The van der Waals surface area contributed by atoms with Crippen LogP contribution >= 0.6 is 11.6 Å². The number of fused-ring (bicyclic) bond motifs is 1. The van der Waals surface area contributed by atoms with Crippen molar-refractivity contribution in [3.63, 3.8) is 0 Å². The first-order chi connectivity index (χ1) is 8.66. The molecule has 3 rings (SSSR count). The van der Waals surface area contributed by atoms with Crippen LogP contribution in [0.4, 0.5) is 0 Å². The van der Waals surface area contributed by atoms with E-state index in [1.807, 2.05) is 24.4 Å². The fourth-order valence-corrected chi connectivity index (χ4v) is 2.03. The quantitative estimate of drug-likeness (QED) is 0.632. The molecular formula is C13H9ClN2O2. The van der Waals surface area contributed by atoms with Crippen molar-refractivity contribution >= 4 is 22.6 Å². The van der Waals surface area contributed by atoms with E-state index in [-0.39, 0.29) is 5.02 Å². The minimum Gasteiger partial charge on any atom is -0.422 e. The molecule has 0 aliphatic rings. The molecule has 0 saturated heterocycles. The van der Waals surface area contributed by atoms with Gasteiger partial charge in [0.05, 0.1) is 5.69 Å². The maximum Gasteiger partial charge on any atom is 0.355 e. The Morgan fingerprint density at radius 1 is 1.39 bits per heavy atom. The molecular weight excluding hydrogens is 252 g/mol. The predicted molar refractivity (Wildman–Crippen MR) is 69.4 cm³/mol. The van der Waals surface area contributed by atoms with Gasteiger partial charge in [-0.1, -0.05) is 11.6 Å². The van der Waals surface area contributed by atoms with Crippen molar-refractivity contribution in [2.45, 2.75) is 6.92 Å². The van der Waals surface area contributed by atoms with E-state index in [0.717, 1.165) is 16.6 Å². The second kappa shape index (κ2) is 3.99. The average molecular weight is 261 g/mol. The molecule has 0 fully saturated rings. The Morgan fingerprint density at radius 3 is 2.94 bits per heavy atom. The molecule has 0 spiro atoms. The lowest BCUT2D eigenvalue weighted by Gasteiger charge is -2.05. The zero-order valence-electron chi connectivity index (χ0n) is 9.55. The maximum atomic E-state index is 11.5. The van der Waals surface area contributed by atoms with Gasteiger partial charge in [-0.3, -0.25) is 0 Å². The van der Waals surface area contributed by atoms with Crippen molar-refractivity contribution < 1.29 is 4.42 Å². The molecule has 0 bridgehead atoms. The van der Waals surface area contributed by atoms with Crippen LogP contribution in [0.2, 0.25) is 5.02 Å². The van der Waals surface area contributed by atoms with Gasteiger partial charge in [-0.05, 0) is 30.7 Å². The summed E-state index contributed by atoms with van der Waals surface area (Å²) >= 11 is 5.87. The topological polar surface area (TPSA) is 48.0 Å². The third-order valence-electron chi connectivity index (χ3n) is 2.85. The summed E-state index contributed by atoms with van der Waals surface area (Å²) in [7, 11) is 0. The van der Waals surface area contributed by atoms with E-state index < -0.39 is 5.63 Å². The molecule has 1 aromatic carbocycles. The molecule has 0 aliphatic carbocycles. The first kappa shape index (κ1) is 11.0. The summed E-state index contributed by atoms with van der Waals surface area (Å²) in [6.07, 6.45) is 3.51. The molecule has 0 atom stereocenters. The fraction of sp³-hybridized carbons (Fsp3) is 0.0769. The summed E-state index contributed by atoms with van der Waals surface area (Å²) in [5, 5.41) is 5.09. The minimum absolute atomic E-state index is 0.134. The van der Waals surface area contributed by atoms with E-state index in [0.29, 0.717) is 5.58 Å². The highest BCUT2D eigenvalue weighted by Gasteiger charge is 2.09. The van der Waals surface area contributed by atoms with Crippen LogP contribution in [0.25, 0.3) is 16.7 Å². The van der Waals surface area contributed by atoms with E-state index in [1.165, 1.54) is 0 Å². The number of nitrogens with zero attached hydrogens (tertiary/aromatic N) is 2. The first-order valence-corrected chi connectivity index (χ1v) is 5.77. The van der Waals surface area contributed by atoms with Crippen molar-refractivity contribution in [1.29, 1.82) is 0 Å². The molecule has 0 N–H and O–H groups in total. The van der Waals surface area contributed by atoms with Gasteiger partial charge in [0.1, 0.15) is 10.6 Å². The Balaban J connectivity index is 2.31. The summed E-state index contributed by atoms with van der Waals surface area (Å²) in [5.74, 6) is 0. The van der Waals surface area contributed by atoms with Crippen LogP contribution in [-0.2, 0) is 0 Å². The number of hydrogen-bond acceptors (Lipinski definition) is 3. The number of rotatable bonds is 1. The molecule has 18 heavy (non-hydrogen) atoms. The van der Waals surface area contributed by atoms with Crippen molar-refractivity contribution in [3.05, 3.63) is 57.7 Å². The van der Waals surface area contributed by atoms with Crippen LogP contribution in [-0.4, -0.2) is 9.78 Å². The van der Waals surface area contributed by atoms with E-state index in [2.05, 4.69) is 5.10 Å². The molecule has 0 saturated carbocycles. The number of aryl methyl sites for hydroxylation is 1. The van der Waals surface area contributed by atoms with Gasteiger partial charge in [0, 0.05) is 23.8 Å². The van der Waals surface area contributed by atoms with Crippen LogP contribution < -0.4 is 5.63 Å². The summed E-state index contributed by atoms with van der Waals surface area (Å²) < 4.78 is 6.88. The van der Waals surface area contributed by atoms with Crippen molar-refractivity contribution in [2.75, 3.05) is 0 Å². The van der Waals surface area contributed by atoms with E-state index in [1.54, 1.807) is 23.9 Å². The third kappa shape index (κ3) is 1.62. The largest absolute Gasteiger partial charge is 0.422 e. The van der Waals surface area contributed by atoms with Gasteiger partial charge in [0.2, 0.25) is 0 Å². The van der Waals surface area contributed by atoms with Gasteiger partial charge in [-0.15, -0.1) is 0 Å². The van der Waals surface area contributed by atoms with Gasteiger partial charge < -0.3 is 4.42 Å². The molecule has 0 amide bonds. The summed E-state index contributed by atoms with van der Waals surface area (Å²) in [6, 6.07) is 7.37. The molecule has 0 radical (unpaired) electrons. The highest BCUT2D eigenvalue weighted by molar-refractivity contribution is 6.31. The van der Waals surface area contributed by atoms with Crippen LogP contribution in [0.5, 0.6) is 0 Å². The number of halogens is 1. The zero-order chi connectivity index (χ0) is 12.7. The van der Waals surface area contributed by atoms with Gasteiger partial charge in [-0.2, -0.15) is 5.10 Å². The van der Waals surface area contributed by atoms with Crippen LogP contribution in [0.3, 0.4) is 0 Å². The Morgan fingerprint density at radius 2 is 2.22 bits per heavy atom. The average Bonchev–Trinajstić information content (AvgIpc) is 2.89. The molecule has 3 aromatic rings. The van der Waals surface area contributed by atoms with E-state index in [9.17, 15) is 4.79 Å². The zero-order valence-corrected chi connectivity index (χ0v) is 10.3. The Kier molecular flexibility index (Phi) is 2.45. The highest BCUT2D eigenvalue weighted by Crippen LogP contribution is 2.24. The number of hydrogen-bond donors (Lipinski definition) is 0. The van der Waals surface area contributed by atoms with Crippen LogP contribution in [0, 0.1) is 6.92 Å². The molecule has 5 heteroatoms. The SMILES string of the molecule is Cc1c(Cl)c(=O)oc2cc(-n3cccn3)ccc12. The van der Waals surface area contributed by atoms with Gasteiger partial charge in [0.15, 0.2) is 0 Å². The normalized spacial score (nSPS) is 11.0. The lowest BCUT2D eigenvalue weighted by atomic mass is 10.1. The number of benzene rings is 1. The fourth-order valence-electron chi connectivity index (χ4n) is 1.89. The standard InChI is InChI=1S/C13H9ClN2O2/c1-8-10-4-3-9(16-6-2-5-15-16)7-11(10)18-13(17)12(8)14/h2-7H,1H3. The summed E-state index contributed by atoms with van der Waals surface area (Å²) in [6.45, 7) is 1.80. The maximum absolute atomic E-state index is 11.5. The lowest BCUT2D eigenvalue weighted by molar-refractivity contribution is 0.560. The third-order valence-corrected chi connectivity index (χ3v) is 3.29. The van der Waals surface area contributed by atoms with E-state index in [4.69, 9.17) is 16.0 Å². The van der Waals surface area contributed by atoms with Gasteiger partial charge in [-0.25, -0.2) is 9.48 Å². The monoisotopic (exact) mass is 260 g/mol. The number of aromatic nitrogens is 2. The Hall–Kier alpha value is -2.07. The molecule has 0 unspecified atom stereocenters. The second-order valence-corrected chi connectivity index (χ2v) is 4.34. The minimum atomic E-state index is -0.515. The highest BCUT2D eigenvalue weighted by atomic mass is 35.5. The van der Waals surface area contributed by atoms with Gasteiger partial charge >= 0.3 is 5.63 Å². The summed E-state index contributed by atoms with van der Waals surface area (Å²) in [5.41, 5.74) is 1.56. The summed E-state index contributed by atoms with van der Waals surface area (Å²) in [4.78, 5) is 11.5. The lowest BCUT2D eigenvalue weighted by Crippen LogP contribution is -2.02. The Labute approximate surface area is 107 Å². The smallest absolute Gasteiger partial charge is 0.355 e. The first-order valence-electron chi connectivity index (χ1n) is 5.40. The van der Waals surface area contributed by atoms with Crippen LogP contribution in [0.15, 0.2) is 45.9 Å². The van der Waals surface area contributed by atoms with Crippen molar-refractivity contribution in [3.8, 4) is 5.69 Å². The predicted octanol–water partition coefficient (Wildman–Crippen LogP) is 2.94. The molecule has 90 valence electrons. The molecule has 2 aromatic heterocycles. The van der Waals surface area contributed by atoms with Crippen molar-refractivity contribution in [1.82, 2.24) is 9.78 Å². The second-order valence-electron chi connectivity index (χ2n) is 3.96. The Bertz CT molecular complexity index is 776. The molecule has 0 aliphatic heterocycles. The van der Waals surface area contributed by atoms with Gasteiger partial charge in [0.25, 0.3) is 0 Å².